The summed E-state index contributed by atoms with van der Waals surface area (Å²) in [5, 5.41) is 0. The lowest BCUT2D eigenvalue weighted by Crippen LogP contribution is -2.31. The number of hydrogen-bond acceptors (Lipinski definition) is 4. The molecule has 0 unspecified atom stereocenters. The molecule has 0 atom stereocenters. The first kappa shape index (κ1) is 22.4. The molecule has 0 saturated carbocycles. The third-order valence-electron chi connectivity index (χ3n) is 5.24. The molecule has 166 valence electrons. The van der Waals surface area contributed by atoms with E-state index in [9.17, 15) is 9.59 Å². The largest absolute Gasteiger partial charge is 0.497 e. The lowest BCUT2D eigenvalue weighted by Gasteiger charge is -2.15. The van der Waals surface area contributed by atoms with Crippen molar-refractivity contribution in [2.75, 3.05) is 7.11 Å². The van der Waals surface area contributed by atoms with E-state index in [0.29, 0.717) is 16.1 Å². The van der Waals surface area contributed by atoms with Crippen LogP contribution in [0.1, 0.15) is 35.7 Å². The number of benzene rings is 3. The van der Waals surface area contributed by atoms with Gasteiger partial charge in [-0.25, -0.2) is 0 Å². The van der Waals surface area contributed by atoms with Crippen molar-refractivity contribution in [1.29, 1.82) is 0 Å². The number of carbonyl (C=O) groups excluding carboxylic acids is 1. The maximum Gasteiger partial charge on any atom is 0.279 e. The number of hydrogen-bond donors (Lipinski definition) is 0. The fraction of sp³-hybridized carbons (Fsp3) is 0.148. The Bertz CT molecular complexity index is 1420. The molecular weight excluding hydrogens is 432 g/mol. The molecule has 1 heterocycles. The second-order valence-corrected chi connectivity index (χ2v) is 8.80. The third kappa shape index (κ3) is 4.86. The van der Waals surface area contributed by atoms with Gasteiger partial charge in [0.05, 0.1) is 12.8 Å². The van der Waals surface area contributed by atoms with Crippen LogP contribution in [0.25, 0.3) is 16.1 Å². The fourth-order valence-corrected chi connectivity index (χ4v) is 4.59. The number of methoxy groups -OCH3 is 1. The van der Waals surface area contributed by atoms with Crippen LogP contribution in [0.4, 0.5) is 0 Å². The topological polar surface area (TPSA) is 60.7 Å². The predicted octanol–water partition coefficient (Wildman–Crippen LogP) is 5.44. The Balaban J connectivity index is 1.98. The molecule has 1 aromatic heterocycles. The van der Waals surface area contributed by atoms with Crippen molar-refractivity contribution in [3.8, 4) is 21.9 Å². The highest BCUT2D eigenvalue weighted by Crippen LogP contribution is 2.24. The van der Waals surface area contributed by atoms with Gasteiger partial charge in [0, 0.05) is 16.5 Å². The van der Waals surface area contributed by atoms with Crippen LogP contribution in [0, 0.1) is 0 Å². The first-order valence-electron chi connectivity index (χ1n) is 10.6. The minimum atomic E-state index is -0.439. The second kappa shape index (κ2) is 9.79. The quantitative estimate of drug-likeness (QED) is 0.402. The summed E-state index contributed by atoms with van der Waals surface area (Å²) in [5.74, 6) is 0.319. The summed E-state index contributed by atoms with van der Waals surface area (Å²) in [6, 6.07) is 25.8. The van der Waals surface area contributed by atoms with Crippen molar-refractivity contribution >= 4 is 17.2 Å². The number of rotatable bonds is 5. The monoisotopic (exact) mass is 456 g/mol. The average molecular weight is 457 g/mol. The normalized spacial score (nSPS) is 11.6. The van der Waals surface area contributed by atoms with Crippen molar-refractivity contribution in [2.24, 2.45) is 4.99 Å². The van der Waals surface area contributed by atoms with Crippen LogP contribution >= 0.6 is 11.3 Å². The zero-order valence-corrected chi connectivity index (χ0v) is 19.5. The van der Waals surface area contributed by atoms with Crippen molar-refractivity contribution in [3.63, 3.8) is 0 Å². The van der Waals surface area contributed by atoms with E-state index in [2.05, 4.69) is 18.8 Å². The van der Waals surface area contributed by atoms with E-state index in [1.807, 2.05) is 54.6 Å². The summed E-state index contributed by atoms with van der Waals surface area (Å²) in [6.07, 6.45) is 0. The molecule has 0 fully saturated rings. The zero-order valence-electron chi connectivity index (χ0n) is 18.7. The van der Waals surface area contributed by atoms with Gasteiger partial charge in [-0.2, -0.15) is 4.99 Å². The molecule has 5 nitrogen and oxygen atoms in total. The van der Waals surface area contributed by atoms with Gasteiger partial charge in [-0.1, -0.05) is 79.8 Å². The van der Waals surface area contributed by atoms with Gasteiger partial charge in [-0.05, 0) is 41.3 Å². The molecule has 0 saturated heterocycles. The van der Waals surface area contributed by atoms with Crippen LogP contribution in [0.3, 0.4) is 0 Å². The van der Waals surface area contributed by atoms with Crippen LogP contribution in [0.15, 0.2) is 94.7 Å². The summed E-state index contributed by atoms with van der Waals surface area (Å²) >= 11 is 1.31. The standard InChI is InChI=1S/C27H24N2O3S/c1-18(2)22-14-7-8-15-23(22)29-25(30)17-24(19-10-5-4-6-11-19)33-27(29)28-26(31)20-12-9-13-21(16-20)32-3/h4-18H,1-3H3. The van der Waals surface area contributed by atoms with Gasteiger partial charge in [0.15, 0.2) is 0 Å². The summed E-state index contributed by atoms with van der Waals surface area (Å²) < 4.78 is 6.77. The molecule has 0 aliphatic heterocycles. The lowest BCUT2D eigenvalue weighted by molar-refractivity contribution is 0.0997. The maximum absolute atomic E-state index is 13.4. The van der Waals surface area contributed by atoms with E-state index in [1.165, 1.54) is 15.9 Å². The van der Waals surface area contributed by atoms with Crippen LogP contribution < -0.4 is 15.1 Å². The summed E-state index contributed by atoms with van der Waals surface area (Å²) in [7, 11) is 1.55. The molecular formula is C27H24N2O3S. The van der Waals surface area contributed by atoms with Crippen LogP contribution in [-0.2, 0) is 0 Å². The van der Waals surface area contributed by atoms with Gasteiger partial charge in [0.1, 0.15) is 5.75 Å². The average Bonchev–Trinajstić information content (AvgIpc) is 2.84. The predicted molar refractivity (Wildman–Crippen MR) is 132 cm³/mol. The SMILES string of the molecule is COc1cccc(C(=O)N=c2sc(-c3ccccc3)cc(=O)n2-c2ccccc2C(C)C)c1. The minimum Gasteiger partial charge on any atom is -0.497 e. The first-order chi connectivity index (χ1) is 16.0. The number of carbonyl (C=O) groups is 1. The van der Waals surface area contributed by atoms with Gasteiger partial charge < -0.3 is 4.74 Å². The Morgan fingerprint density at radius 3 is 2.39 bits per heavy atom. The number of amides is 1. The van der Waals surface area contributed by atoms with Crippen molar-refractivity contribution in [1.82, 2.24) is 4.57 Å². The van der Waals surface area contributed by atoms with Gasteiger partial charge in [0.2, 0.25) is 4.80 Å². The van der Waals surface area contributed by atoms with E-state index in [-0.39, 0.29) is 11.5 Å². The van der Waals surface area contributed by atoms with E-state index in [0.717, 1.165) is 21.7 Å². The van der Waals surface area contributed by atoms with Crippen molar-refractivity contribution in [2.45, 2.75) is 19.8 Å². The second-order valence-electron chi connectivity index (χ2n) is 7.80. The molecule has 0 aliphatic carbocycles. The molecule has 0 radical (unpaired) electrons. The molecule has 0 aliphatic rings. The van der Waals surface area contributed by atoms with E-state index in [4.69, 9.17) is 4.74 Å². The Labute approximate surface area is 196 Å². The highest BCUT2D eigenvalue weighted by atomic mass is 32.1. The smallest absolute Gasteiger partial charge is 0.279 e. The Morgan fingerprint density at radius 1 is 0.939 bits per heavy atom. The Hall–Kier alpha value is -3.77. The molecule has 0 N–H and O–H groups in total. The molecule has 4 rings (SSSR count). The maximum atomic E-state index is 13.4. The molecule has 6 heteroatoms. The lowest BCUT2D eigenvalue weighted by atomic mass is 10.0. The molecule has 3 aromatic carbocycles. The highest BCUT2D eigenvalue weighted by Gasteiger charge is 2.15. The summed E-state index contributed by atoms with van der Waals surface area (Å²) in [5.41, 5.74) is 2.78. The van der Waals surface area contributed by atoms with Gasteiger partial charge in [-0.15, -0.1) is 0 Å². The van der Waals surface area contributed by atoms with Crippen LogP contribution in [0.2, 0.25) is 0 Å². The van der Waals surface area contributed by atoms with Crippen molar-refractivity contribution < 1.29 is 9.53 Å². The summed E-state index contributed by atoms with van der Waals surface area (Å²) in [4.78, 5) is 32.0. The van der Waals surface area contributed by atoms with Gasteiger partial charge >= 0.3 is 0 Å². The number of ether oxygens (including phenoxy) is 1. The van der Waals surface area contributed by atoms with E-state index in [1.54, 1.807) is 37.4 Å². The Morgan fingerprint density at radius 2 is 1.67 bits per heavy atom. The first-order valence-corrected chi connectivity index (χ1v) is 11.4. The van der Waals surface area contributed by atoms with Crippen LogP contribution in [0.5, 0.6) is 5.75 Å². The number of aromatic nitrogens is 1. The molecule has 1 amide bonds. The fourth-order valence-electron chi connectivity index (χ4n) is 3.57. The zero-order chi connectivity index (χ0) is 23.4. The minimum absolute atomic E-state index is 0.189. The summed E-state index contributed by atoms with van der Waals surface area (Å²) in [6.45, 7) is 4.15. The third-order valence-corrected chi connectivity index (χ3v) is 6.27. The Kier molecular flexibility index (Phi) is 6.66. The number of nitrogens with zero attached hydrogens (tertiary/aromatic N) is 2. The van der Waals surface area contributed by atoms with E-state index < -0.39 is 5.91 Å². The number of para-hydroxylation sites is 1. The highest BCUT2D eigenvalue weighted by molar-refractivity contribution is 7.12. The van der Waals surface area contributed by atoms with Gasteiger partial charge in [0.25, 0.3) is 11.5 Å². The molecule has 0 bridgehead atoms. The molecule has 4 aromatic rings. The van der Waals surface area contributed by atoms with Crippen molar-refractivity contribution in [3.05, 3.63) is 111 Å². The molecule has 0 spiro atoms. The van der Waals surface area contributed by atoms with E-state index >= 15 is 0 Å². The molecule has 33 heavy (non-hydrogen) atoms. The van der Waals surface area contributed by atoms with Gasteiger partial charge in [-0.3, -0.25) is 14.2 Å². The van der Waals surface area contributed by atoms with Crippen LogP contribution in [-0.4, -0.2) is 17.6 Å².